The first-order valence-electron chi connectivity index (χ1n) is 3.04. The van der Waals surface area contributed by atoms with Crippen molar-refractivity contribution in [2.24, 2.45) is 7.05 Å². The van der Waals surface area contributed by atoms with E-state index in [1.54, 1.807) is 0 Å². The minimum atomic E-state index is -0.552. The molecule has 1 heterocycles. The molecule has 12 heavy (non-hydrogen) atoms. The third-order valence-corrected chi connectivity index (χ3v) is 2.36. The summed E-state index contributed by atoms with van der Waals surface area (Å²) in [5, 5.41) is 10.3. The molecule has 0 bridgehead atoms. The standard InChI is InChI=1S/C6H5BrN2O3/c1-8-5(10)3-2-4(6(8)7)9(11)12/h2-3H,1H3. The van der Waals surface area contributed by atoms with Gasteiger partial charge in [0.15, 0.2) is 4.60 Å². The molecule has 6 heteroatoms. The van der Waals surface area contributed by atoms with E-state index in [0.29, 0.717) is 0 Å². The molecule has 64 valence electrons. The summed E-state index contributed by atoms with van der Waals surface area (Å²) in [6.45, 7) is 0. The Hall–Kier alpha value is -1.17. The summed E-state index contributed by atoms with van der Waals surface area (Å²) in [5.41, 5.74) is -0.399. The van der Waals surface area contributed by atoms with E-state index in [-0.39, 0.29) is 15.8 Å². The predicted molar refractivity (Wildman–Crippen MR) is 46.0 cm³/mol. The Kier molecular flexibility index (Phi) is 2.27. The Morgan fingerprint density at radius 1 is 1.58 bits per heavy atom. The van der Waals surface area contributed by atoms with Crippen molar-refractivity contribution < 1.29 is 4.92 Å². The number of rotatable bonds is 1. The van der Waals surface area contributed by atoms with Crippen LogP contribution in [0.4, 0.5) is 5.69 Å². The number of nitrogens with zero attached hydrogens (tertiary/aromatic N) is 2. The van der Waals surface area contributed by atoms with Gasteiger partial charge in [-0.3, -0.25) is 14.9 Å². The monoisotopic (exact) mass is 232 g/mol. The molecule has 0 aliphatic rings. The minimum absolute atomic E-state index is 0.114. The fourth-order valence-electron chi connectivity index (χ4n) is 0.736. The van der Waals surface area contributed by atoms with E-state index in [1.807, 2.05) is 0 Å². The van der Waals surface area contributed by atoms with Crippen molar-refractivity contribution in [1.82, 2.24) is 4.57 Å². The second-order valence-electron chi connectivity index (χ2n) is 2.16. The van der Waals surface area contributed by atoms with Gasteiger partial charge in [-0.2, -0.15) is 0 Å². The molecule has 0 spiro atoms. The van der Waals surface area contributed by atoms with Gasteiger partial charge in [-0.1, -0.05) is 0 Å². The normalized spacial score (nSPS) is 9.83. The fraction of sp³-hybridized carbons (Fsp3) is 0.167. The molecule has 0 atom stereocenters. The summed E-state index contributed by atoms with van der Waals surface area (Å²) in [7, 11) is 1.46. The van der Waals surface area contributed by atoms with E-state index < -0.39 is 4.92 Å². The highest BCUT2D eigenvalue weighted by atomic mass is 79.9. The van der Waals surface area contributed by atoms with Crippen LogP contribution in [0.5, 0.6) is 0 Å². The highest BCUT2D eigenvalue weighted by Gasteiger charge is 2.13. The Morgan fingerprint density at radius 2 is 2.17 bits per heavy atom. The van der Waals surface area contributed by atoms with Crippen LogP contribution in [-0.4, -0.2) is 9.49 Å². The molecule has 0 unspecified atom stereocenters. The van der Waals surface area contributed by atoms with Gasteiger partial charge < -0.3 is 4.57 Å². The van der Waals surface area contributed by atoms with E-state index in [0.717, 1.165) is 10.6 Å². The largest absolute Gasteiger partial charge is 0.300 e. The van der Waals surface area contributed by atoms with Crippen LogP contribution in [0.2, 0.25) is 0 Å². The highest BCUT2D eigenvalue weighted by Crippen LogP contribution is 2.20. The summed E-state index contributed by atoms with van der Waals surface area (Å²) in [6, 6.07) is 2.33. The number of aromatic nitrogens is 1. The second kappa shape index (κ2) is 3.06. The zero-order valence-corrected chi connectivity index (χ0v) is 7.74. The lowest BCUT2D eigenvalue weighted by Gasteiger charge is -1.99. The molecule has 1 rings (SSSR count). The zero-order chi connectivity index (χ0) is 9.30. The molecule has 0 saturated carbocycles. The molecular weight excluding hydrogens is 228 g/mol. The maximum Gasteiger partial charge on any atom is 0.300 e. The van der Waals surface area contributed by atoms with Gasteiger partial charge in [0.2, 0.25) is 0 Å². The van der Waals surface area contributed by atoms with Gasteiger partial charge in [0.25, 0.3) is 11.2 Å². The second-order valence-corrected chi connectivity index (χ2v) is 2.91. The molecule has 0 fully saturated rings. The maximum atomic E-state index is 10.9. The van der Waals surface area contributed by atoms with Gasteiger partial charge in [-0.25, -0.2) is 0 Å². The molecule has 5 nitrogen and oxygen atoms in total. The van der Waals surface area contributed by atoms with Gasteiger partial charge in [0.05, 0.1) is 4.92 Å². The van der Waals surface area contributed by atoms with Gasteiger partial charge in [0, 0.05) is 19.2 Å². The molecule has 1 aromatic heterocycles. The summed E-state index contributed by atoms with van der Waals surface area (Å²) in [4.78, 5) is 20.7. The van der Waals surface area contributed by atoms with Gasteiger partial charge in [-0.05, 0) is 15.9 Å². The molecule has 1 aromatic rings. The first kappa shape index (κ1) is 8.92. The minimum Gasteiger partial charge on any atom is -0.300 e. The van der Waals surface area contributed by atoms with Crippen LogP contribution >= 0.6 is 15.9 Å². The van der Waals surface area contributed by atoms with Crippen LogP contribution in [0.25, 0.3) is 0 Å². The third kappa shape index (κ3) is 1.38. The van der Waals surface area contributed by atoms with Crippen molar-refractivity contribution >= 4 is 21.6 Å². The van der Waals surface area contributed by atoms with Crippen LogP contribution in [0.1, 0.15) is 0 Å². The molecule has 0 aromatic carbocycles. The molecular formula is C6H5BrN2O3. The van der Waals surface area contributed by atoms with Crippen molar-refractivity contribution in [2.45, 2.75) is 0 Å². The zero-order valence-electron chi connectivity index (χ0n) is 6.15. The van der Waals surface area contributed by atoms with E-state index in [4.69, 9.17) is 0 Å². The van der Waals surface area contributed by atoms with Gasteiger partial charge in [-0.15, -0.1) is 0 Å². The fourth-order valence-corrected chi connectivity index (χ4v) is 1.19. The van der Waals surface area contributed by atoms with Crippen LogP contribution in [0, 0.1) is 10.1 Å². The highest BCUT2D eigenvalue weighted by molar-refractivity contribution is 9.10. The first-order chi connectivity index (χ1) is 5.54. The van der Waals surface area contributed by atoms with E-state index in [1.165, 1.54) is 13.1 Å². The number of halogens is 1. The van der Waals surface area contributed by atoms with Crippen molar-refractivity contribution in [3.8, 4) is 0 Å². The van der Waals surface area contributed by atoms with E-state index >= 15 is 0 Å². The van der Waals surface area contributed by atoms with Gasteiger partial charge in [0.1, 0.15) is 0 Å². The SMILES string of the molecule is Cn1c(Br)c([N+](=O)[O-])ccc1=O. The third-order valence-electron chi connectivity index (χ3n) is 1.42. The molecule has 0 radical (unpaired) electrons. The molecule has 0 aliphatic carbocycles. The van der Waals surface area contributed by atoms with E-state index in [9.17, 15) is 14.9 Å². The molecule has 0 saturated heterocycles. The summed E-state index contributed by atoms with van der Waals surface area (Å²) < 4.78 is 1.35. The van der Waals surface area contributed by atoms with Crippen LogP contribution in [-0.2, 0) is 7.05 Å². The Balaban J connectivity index is 3.47. The smallest absolute Gasteiger partial charge is 0.300 e. The average Bonchev–Trinajstić information content (AvgIpc) is 2.00. The molecule has 0 amide bonds. The van der Waals surface area contributed by atoms with Crippen molar-refractivity contribution in [1.29, 1.82) is 0 Å². The topological polar surface area (TPSA) is 65.1 Å². The summed E-state index contributed by atoms with van der Waals surface area (Å²) >= 11 is 2.95. The number of hydrogen-bond donors (Lipinski definition) is 0. The maximum absolute atomic E-state index is 10.9. The lowest BCUT2D eigenvalue weighted by atomic mass is 10.4. The number of pyridine rings is 1. The van der Waals surface area contributed by atoms with Crippen molar-refractivity contribution in [2.75, 3.05) is 0 Å². The van der Waals surface area contributed by atoms with Crippen LogP contribution in [0.15, 0.2) is 21.5 Å². The van der Waals surface area contributed by atoms with Crippen molar-refractivity contribution in [3.05, 3.63) is 37.2 Å². The van der Waals surface area contributed by atoms with Crippen LogP contribution < -0.4 is 5.56 Å². The summed E-state index contributed by atoms with van der Waals surface area (Å²) in [5.74, 6) is 0. The molecule has 0 aliphatic heterocycles. The Morgan fingerprint density at radius 3 is 2.67 bits per heavy atom. The summed E-state index contributed by atoms with van der Waals surface area (Å²) in [6.07, 6.45) is 0. The predicted octanol–water partition coefficient (Wildman–Crippen LogP) is 1.06. The Labute approximate surface area is 75.9 Å². The number of nitro groups is 1. The number of hydrogen-bond acceptors (Lipinski definition) is 3. The quantitative estimate of drug-likeness (QED) is 0.413. The van der Waals surface area contributed by atoms with Crippen LogP contribution in [0.3, 0.4) is 0 Å². The molecule has 0 N–H and O–H groups in total. The van der Waals surface area contributed by atoms with Crippen molar-refractivity contribution in [3.63, 3.8) is 0 Å². The lowest BCUT2D eigenvalue weighted by molar-refractivity contribution is -0.386. The van der Waals surface area contributed by atoms with Gasteiger partial charge >= 0.3 is 0 Å². The van der Waals surface area contributed by atoms with E-state index in [2.05, 4.69) is 15.9 Å². The average molecular weight is 233 g/mol. The Bertz CT molecular complexity index is 385. The lowest BCUT2D eigenvalue weighted by Crippen LogP contribution is -2.16. The first-order valence-corrected chi connectivity index (χ1v) is 3.83.